The molecule has 5 nitrogen and oxygen atoms in total. The van der Waals surface area contributed by atoms with E-state index in [-0.39, 0.29) is 16.4 Å². The molecule has 3 rings (SSSR count). The fourth-order valence-corrected chi connectivity index (χ4v) is 2.32. The Hall–Kier alpha value is -2.82. The van der Waals surface area contributed by atoms with Crippen molar-refractivity contribution in [3.05, 3.63) is 70.4 Å². The van der Waals surface area contributed by atoms with Crippen molar-refractivity contribution in [2.24, 2.45) is 0 Å². The third-order valence-corrected chi connectivity index (χ3v) is 3.25. The summed E-state index contributed by atoms with van der Waals surface area (Å²) in [5.41, 5.74) is 1.69. The van der Waals surface area contributed by atoms with Crippen LogP contribution < -0.4 is 0 Å². The van der Waals surface area contributed by atoms with Crippen molar-refractivity contribution in [3.63, 3.8) is 0 Å². The number of hydrogen-bond donors (Lipinski definition) is 1. The lowest BCUT2D eigenvalue weighted by molar-refractivity contribution is -0.383. The molecule has 100 valence electrons. The fraction of sp³-hybridized carbons (Fsp3) is 0.0667. The number of nitrogens with zero attached hydrogens (tertiary/aromatic N) is 2. The van der Waals surface area contributed by atoms with Gasteiger partial charge in [0.2, 0.25) is 0 Å². The molecule has 0 aliphatic heterocycles. The van der Waals surface area contributed by atoms with E-state index >= 15 is 0 Å². The smallest absolute Gasteiger partial charge is 0.293 e. The first kappa shape index (κ1) is 12.2. The van der Waals surface area contributed by atoms with E-state index in [0.717, 1.165) is 10.9 Å². The molecule has 0 unspecified atom stereocenters. The first-order chi connectivity index (χ1) is 9.65. The van der Waals surface area contributed by atoms with Gasteiger partial charge in [0.1, 0.15) is 11.3 Å². The first-order valence-corrected chi connectivity index (χ1v) is 6.15. The maximum absolute atomic E-state index is 11.1. The lowest BCUT2D eigenvalue weighted by Gasteiger charge is -2.06. The van der Waals surface area contributed by atoms with Gasteiger partial charge in [0.05, 0.1) is 4.92 Å². The van der Waals surface area contributed by atoms with E-state index in [1.54, 1.807) is 30.3 Å². The van der Waals surface area contributed by atoms with Crippen LogP contribution in [-0.4, -0.2) is 14.6 Å². The molecular formula is C15H12N2O3. The van der Waals surface area contributed by atoms with Gasteiger partial charge in [0.15, 0.2) is 0 Å². The monoisotopic (exact) mass is 268 g/mol. The summed E-state index contributed by atoms with van der Waals surface area (Å²) in [6.45, 7) is 0.522. The summed E-state index contributed by atoms with van der Waals surface area (Å²) in [6, 6.07) is 13.7. The molecular weight excluding hydrogens is 256 g/mol. The second kappa shape index (κ2) is 4.70. The largest absolute Gasteiger partial charge is 0.508 e. The van der Waals surface area contributed by atoms with E-state index in [1.807, 2.05) is 22.9 Å². The van der Waals surface area contributed by atoms with Crippen LogP contribution in [0.2, 0.25) is 0 Å². The minimum absolute atomic E-state index is 0.103. The molecule has 0 saturated heterocycles. The Labute approximate surface area is 114 Å². The normalized spacial score (nSPS) is 10.8. The van der Waals surface area contributed by atoms with Crippen molar-refractivity contribution < 1.29 is 10.0 Å². The number of non-ortho nitro benzene ring substituents is 1. The van der Waals surface area contributed by atoms with Crippen molar-refractivity contribution in [1.29, 1.82) is 0 Å². The molecule has 0 amide bonds. The molecule has 1 N–H and O–H groups in total. The summed E-state index contributed by atoms with van der Waals surface area (Å²) in [7, 11) is 0. The molecule has 3 aromatic rings. The van der Waals surface area contributed by atoms with Crippen LogP contribution in [0.4, 0.5) is 5.69 Å². The van der Waals surface area contributed by atoms with Crippen molar-refractivity contribution in [1.82, 2.24) is 4.57 Å². The number of aromatic hydroxyl groups is 1. The van der Waals surface area contributed by atoms with Gasteiger partial charge in [-0.2, -0.15) is 0 Å². The Bertz CT molecular complexity index is 775. The standard InChI is InChI=1S/C15H12N2O3/c18-13-6-4-11(5-7-13)10-16-9-8-12-2-1-3-14(15(12)16)17(19)20/h1-9,18H,10H2. The number of nitro groups is 1. The van der Waals surface area contributed by atoms with Gasteiger partial charge >= 0.3 is 0 Å². The van der Waals surface area contributed by atoms with Gasteiger partial charge in [0, 0.05) is 24.2 Å². The number of aromatic nitrogens is 1. The number of fused-ring (bicyclic) bond motifs is 1. The lowest BCUT2D eigenvalue weighted by Crippen LogP contribution is -2.00. The molecule has 0 aliphatic rings. The molecule has 0 bridgehead atoms. The van der Waals surface area contributed by atoms with Crippen LogP contribution in [0.15, 0.2) is 54.7 Å². The van der Waals surface area contributed by atoms with E-state index in [1.165, 1.54) is 6.07 Å². The highest BCUT2D eigenvalue weighted by Crippen LogP contribution is 2.27. The van der Waals surface area contributed by atoms with Gasteiger partial charge in [-0.25, -0.2) is 0 Å². The number of benzene rings is 2. The molecule has 0 fully saturated rings. The molecule has 0 aliphatic carbocycles. The number of nitro benzene ring substituents is 1. The number of para-hydroxylation sites is 1. The SMILES string of the molecule is O=[N+]([O-])c1cccc2ccn(Cc3ccc(O)cc3)c12. The van der Waals surface area contributed by atoms with Crippen molar-refractivity contribution in [2.75, 3.05) is 0 Å². The number of phenolic OH excluding ortho intramolecular Hbond substituents is 1. The molecule has 5 heteroatoms. The van der Waals surface area contributed by atoms with Crippen LogP contribution in [0.5, 0.6) is 5.75 Å². The third-order valence-electron chi connectivity index (χ3n) is 3.25. The Morgan fingerprint density at radius 3 is 2.55 bits per heavy atom. The number of rotatable bonds is 3. The van der Waals surface area contributed by atoms with Gasteiger partial charge in [0.25, 0.3) is 5.69 Å². The number of hydrogen-bond acceptors (Lipinski definition) is 3. The zero-order valence-electron chi connectivity index (χ0n) is 10.6. The maximum Gasteiger partial charge on any atom is 0.293 e. The van der Waals surface area contributed by atoms with Crippen molar-refractivity contribution in [2.45, 2.75) is 6.54 Å². The summed E-state index contributed by atoms with van der Waals surface area (Å²) in [5, 5.41) is 21.2. The zero-order chi connectivity index (χ0) is 14.1. The molecule has 0 saturated carbocycles. The molecule has 2 aromatic carbocycles. The van der Waals surface area contributed by atoms with Gasteiger partial charge in [-0.05, 0) is 23.8 Å². The maximum atomic E-state index is 11.1. The van der Waals surface area contributed by atoms with Gasteiger partial charge in [-0.3, -0.25) is 10.1 Å². The van der Waals surface area contributed by atoms with E-state index in [0.29, 0.717) is 12.1 Å². The summed E-state index contributed by atoms with van der Waals surface area (Å²) in [5.74, 6) is 0.206. The Morgan fingerprint density at radius 1 is 1.10 bits per heavy atom. The van der Waals surface area contributed by atoms with Gasteiger partial charge in [-0.15, -0.1) is 0 Å². The van der Waals surface area contributed by atoms with E-state index in [2.05, 4.69) is 0 Å². The Balaban J connectivity index is 2.07. The van der Waals surface area contributed by atoms with E-state index in [9.17, 15) is 15.2 Å². The van der Waals surface area contributed by atoms with Crippen LogP contribution >= 0.6 is 0 Å². The van der Waals surface area contributed by atoms with Gasteiger partial charge < -0.3 is 9.67 Å². The Morgan fingerprint density at radius 2 is 1.85 bits per heavy atom. The average molecular weight is 268 g/mol. The van der Waals surface area contributed by atoms with Crippen LogP contribution in [0.1, 0.15) is 5.56 Å². The molecule has 20 heavy (non-hydrogen) atoms. The summed E-state index contributed by atoms with van der Waals surface area (Å²) >= 11 is 0. The summed E-state index contributed by atoms with van der Waals surface area (Å²) in [4.78, 5) is 10.8. The minimum Gasteiger partial charge on any atom is -0.508 e. The predicted molar refractivity (Wildman–Crippen MR) is 75.8 cm³/mol. The zero-order valence-corrected chi connectivity index (χ0v) is 10.6. The van der Waals surface area contributed by atoms with Crippen molar-refractivity contribution >= 4 is 16.6 Å². The van der Waals surface area contributed by atoms with Crippen LogP contribution in [-0.2, 0) is 6.54 Å². The first-order valence-electron chi connectivity index (χ1n) is 6.15. The van der Waals surface area contributed by atoms with E-state index in [4.69, 9.17) is 0 Å². The minimum atomic E-state index is -0.365. The summed E-state index contributed by atoms with van der Waals surface area (Å²) < 4.78 is 1.85. The van der Waals surface area contributed by atoms with Crippen LogP contribution in [0, 0.1) is 10.1 Å². The van der Waals surface area contributed by atoms with Gasteiger partial charge in [-0.1, -0.05) is 24.3 Å². The van der Waals surface area contributed by atoms with Crippen LogP contribution in [0.3, 0.4) is 0 Å². The highest BCUT2D eigenvalue weighted by Gasteiger charge is 2.15. The molecule has 0 atom stereocenters. The third kappa shape index (κ3) is 2.09. The highest BCUT2D eigenvalue weighted by molar-refractivity contribution is 5.88. The molecule has 0 radical (unpaired) electrons. The van der Waals surface area contributed by atoms with Crippen molar-refractivity contribution in [3.8, 4) is 5.75 Å². The van der Waals surface area contributed by atoms with Crippen LogP contribution in [0.25, 0.3) is 10.9 Å². The quantitative estimate of drug-likeness (QED) is 0.585. The highest BCUT2D eigenvalue weighted by atomic mass is 16.6. The second-order valence-corrected chi connectivity index (χ2v) is 4.58. The lowest BCUT2D eigenvalue weighted by atomic mass is 10.2. The summed E-state index contributed by atoms with van der Waals surface area (Å²) in [6.07, 6.45) is 1.84. The van der Waals surface area contributed by atoms with E-state index < -0.39 is 0 Å². The topological polar surface area (TPSA) is 68.3 Å². The number of phenols is 1. The fourth-order valence-electron chi connectivity index (χ4n) is 2.32. The molecule has 1 aromatic heterocycles. The Kier molecular flexibility index (Phi) is 2.87. The average Bonchev–Trinajstić information content (AvgIpc) is 2.84. The predicted octanol–water partition coefficient (Wildman–Crippen LogP) is 3.30. The molecule has 0 spiro atoms. The second-order valence-electron chi connectivity index (χ2n) is 4.58. The molecule has 1 heterocycles.